The van der Waals surface area contributed by atoms with Crippen molar-refractivity contribution < 1.29 is 9.90 Å². The molecule has 1 atom stereocenters. The second-order valence-corrected chi connectivity index (χ2v) is 6.60. The number of hydrogen-bond acceptors (Lipinski definition) is 3. The van der Waals surface area contributed by atoms with Gasteiger partial charge in [-0.05, 0) is 25.8 Å². The highest BCUT2D eigenvalue weighted by Gasteiger charge is 2.07. The summed E-state index contributed by atoms with van der Waals surface area (Å²) < 4.78 is 0. The van der Waals surface area contributed by atoms with Crippen molar-refractivity contribution in [2.24, 2.45) is 0 Å². The lowest BCUT2D eigenvalue weighted by atomic mass is 10.0. The number of nitrogens with one attached hydrogen (secondary N) is 2. The van der Waals surface area contributed by atoms with Gasteiger partial charge in [-0.25, -0.2) is 0 Å². The second-order valence-electron chi connectivity index (χ2n) is 6.60. The van der Waals surface area contributed by atoms with Gasteiger partial charge in [-0.15, -0.1) is 0 Å². The minimum atomic E-state index is -0.705. The van der Waals surface area contributed by atoms with E-state index in [0.29, 0.717) is 12.5 Å². The van der Waals surface area contributed by atoms with Crippen LogP contribution in [0.1, 0.15) is 90.9 Å². The summed E-state index contributed by atoms with van der Waals surface area (Å²) in [7, 11) is 0. The van der Waals surface area contributed by atoms with Crippen LogP contribution in [0, 0.1) is 0 Å². The van der Waals surface area contributed by atoms with E-state index in [2.05, 4.69) is 24.5 Å². The predicted molar refractivity (Wildman–Crippen MR) is 99.0 cm³/mol. The Hall–Kier alpha value is -0.610. The fourth-order valence-electron chi connectivity index (χ4n) is 2.84. The van der Waals surface area contributed by atoms with Crippen LogP contribution in [0.3, 0.4) is 0 Å². The van der Waals surface area contributed by atoms with Gasteiger partial charge in [-0.1, -0.05) is 65.2 Å². The summed E-state index contributed by atoms with van der Waals surface area (Å²) in [5, 5.41) is 15.6. The lowest BCUT2D eigenvalue weighted by Gasteiger charge is -2.19. The molecule has 0 rings (SSSR count). The van der Waals surface area contributed by atoms with E-state index in [1.165, 1.54) is 64.2 Å². The molecule has 0 amide bonds. The van der Waals surface area contributed by atoms with E-state index >= 15 is 0 Å². The SMILES string of the molecule is CCCCCCCC(CCCCC)NCCNCCCC(=O)O. The maximum atomic E-state index is 10.4. The molecule has 4 heteroatoms. The molecule has 0 aliphatic heterocycles. The number of unbranched alkanes of at least 4 members (excludes halogenated alkanes) is 6. The molecule has 0 aromatic heterocycles. The van der Waals surface area contributed by atoms with Crippen molar-refractivity contribution in [2.45, 2.75) is 96.9 Å². The Morgan fingerprint density at radius 3 is 2.09 bits per heavy atom. The van der Waals surface area contributed by atoms with Crippen LogP contribution in [0.4, 0.5) is 0 Å². The van der Waals surface area contributed by atoms with E-state index in [4.69, 9.17) is 5.11 Å². The topological polar surface area (TPSA) is 61.4 Å². The van der Waals surface area contributed by atoms with Crippen LogP contribution >= 0.6 is 0 Å². The lowest BCUT2D eigenvalue weighted by molar-refractivity contribution is -0.137. The maximum Gasteiger partial charge on any atom is 0.303 e. The normalized spacial score (nSPS) is 12.4. The first-order valence-electron chi connectivity index (χ1n) is 9.86. The number of carboxylic acid groups (broad SMARTS) is 1. The van der Waals surface area contributed by atoms with E-state index in [9.17, 15) is 4.79 Å². The Morgan fingerprint density at radius 1 is 0.826 bits per heavy atom. The molecule has 0 fully saturated rings. The number of rotatable bonds is 18. The van der Waals surface area contributed by atoms with Crippen LogP contribution in [-0.2, 0) is 4.79 Å². The number of aliphatic carboxylic acids is 1. The zero-order valence-corrected chi connectivity index (χ0v) is 15.5. The summed E-state index contributed by atoms with van der Waals surface area (Å²) in [5.41, 5.74) is 0. The van der Waals surface area contributed by atoms with Gasteiger partial charge in [0.2, 0.25) is 0 Å². The first-order valence-corrected chi connectivity index (χ1v) is 9.86. The van der Waals surface area contributed by atoms with Crippen LogP contribution in [0.5, 0.6) is 0 Å². The molecule has 4 nitrogen and oxygen atoms in total. The Labute approximate surface area is 143 Å². The lowest BCUT2D eigenvalue weighted by Crippen LogP contribution is -2.35. The molecule has 0 spiro atoms. The molecule has 0 bridgehead atoms. The molecule has 23 heavy (non-hydrogen) atoms. The van der Waals surface area contributed by atoms with Crippen molar-refractivity contribution in [1.82, 2.24) is 10.6 Å². The van der Waals surface area contributed by atoms with Gasteiger partial charge in [0.25, 0.3) is 0 Å². The molecule has 0 radical (unpaired) electrons. The molecule has 138 valence electrons. The highest BCUT2D eigenvalue weighted by molar-refractivity contribution is 5.66. The molecule has 0 saturated heterocycles. The first kappa shape index (κ1) is 22.4. The zero-order valence-electron chi connectivity index (χ0n) is 15.5. The number of carboxylic acids is 1. The molecular formula is C19H40N2O2. The molecule has 0 aromatic rings. The Balaban J connectivity index is 3.67. The van der Waals surface area contributed by atoms with Gasteiger partial charge in [0.05, 0.1) is 0 Å². The van der Waals surface area contributed by atoms with Gasteiger partial charge in [0, 0.05) is 25.6 Å². The third-order valence-electron chi connectivity index (χ3n) is 4.29. The summed E-state index contributed by atoms with van der Waals surface area (Å²) in [6.07, 6.45) is 14.3. The Bertz CT molecular complexity index is 260. The zero-order chi connectivity index (χ0) is 17.2. The van der Waals surface area contributed by atoms with Crippen molar-refractivity contribution in [1.29, 1.82) is 0 Å². The Morgan fingerprint density at radius 2 is 1.43 bits per heavy atom. The van der Waals surface area contributed by atoms with Gasteiger partial charge in [-0.3, -0.25) is 4.79 Å². The second kappa shape index (κ2) is 17.7. The molecule has 1 unspecified atom stereocenters. The number of carbonyl (C=O) groups is 1. The molecular weight excluding hydrogens is 288 g/mol. The minimum absolute atomic E-state index is 0.262. The molecule has 0 saturated carbocycles. The van der Waals surface area contributed by atoms with Crippen molar-refractivity contribution in [3.8, 4) is 0 Å². The quantitative estimate of drug-likeness (QED) is 0.328. The van der Waals surface area contributed by atoms with Gasteiger partial charge in [0.15, 0.2) is 0 Å². The average Bonchev–Trinajstić information content (AvgIpc) is 2.53. The molecule has 0 heterocycles. The van der Waals surface area contributed by atoms with E-state index in [1.54, 1.807) is 0 Å². The van der Waals surface area contributed by atoms with Crippen LogP contribution in [0.2, 0.25) is 0 Å². The first-order chi connectivity index (χ1) is 11.2. The maximum absolute atomic E-state index is 10.4. The van der Waals surface area contributed by atoms with Crippen molar-refractivity contribution in [2.75, 3.05) is 19.6 Å². The van der Waals surface area contributed by atoms with Crippen molar-refractivity contribution in [3.05, 3.63) is 0 Å². The Kier molecular flexibility index (Phi) is 17.3. The van der Waals surface area contributed by atoms with Gasteiger partial charge >= 0.3 is 5.97 Å². The van der Waals surface area contributed by atoms with E-state index in [0.717, 1.165) is 19.6 Å². The van der Waals surface area contributed by atoms with Crippen molar-refractivity contribution >= 4 is 5.97 Å². The predicted octanol–water partition coefficient (Wildman–Crippen LogP) is 4.34. The molecule has 0 aromatic carbocycles. The third kappa shape index (κ3) is 17.6. The van der Waals surface area contributed by atoms with Crippen molar-refractivity contribution in [3.63, 3.8) is 0 Å². The summed E-state index contributed by atoms with van der Waals surface area (Å²) in [6.45, 7) is 7.23. The van der Waals surface area contributed by atoms with Gasteiger partial charge < -0.3 is 15.7 Å². The monoisotopic (exact) mass is 328 g/mol. The van der Waals surface area contributed by atoms with E-state index in [1.807, 2.05) is 0 Å². The van der Waals surface area contributed by atoms with E-state index in [-0.39, 0.29) is 6.42 Å². The average molecular weight is 329 g/mol. The molecule has 0 aliphatic rings. The summed E-state index contributed by atoms with van der Waals surface area (Å²) in [5.74, 6) is -0.705. The molecule has 0 aliphatic carbocycles. The smallest absolute Gasteiger partial charge is 0.303 e. The van der Waals surface area contributed by atoms with Crippen LogP contribution in [-0.4, -0.2) is 36.8 Å². The fourth-order valence-corrected chi connectivity index (χ4v) is 2.84. The highest BCUT2D eigenvalue weighted by Crippen LogP contribution is 2.12. The highest BCUT2D eigenvalue weighted by atomic mass is 16.4. The minimum Gasteiger partial charge on any atom is -0.481 e. The molecule has 3 N–H and O–H groups in total. The number of hydrogen-bond donors (Lipinski definition) is 3. The summed E-state index contributed by atoms with van der Waals surface area (Å²) in [6, 6.07) is 0.656. The summed E-state index contributed by atoms with van der Waals surface area (Å²) in [4.78, 5) is 10.4. The third-order valence-corrected chi connectivity index (χ3v) is 4.29. The largest absolute Gasteiger partial charge is 0.481 e. The van der Waals surface area contributed by atoms with Crippen LogP contribution in [0.15, 0.2) is 0 Å². The summed E-state index contributed by atoms with van der Waals surface area (Å²) >= 11 is 0. The van der Waals surface area contributed by atoms with Crippen LogP contribution in [0.25, 0.3) is 0 Å². The van der Waals surface area contributed by atoms with Crippen LogP contribution < -0.4 is 10.6 Å². The van der Waals surface area contributed by atoms with Gasteiger partial charge in [-0.2, -0.15) is 0 Å². The van der Waals surface area contributed by atoms with Gasteiger partial charge in [0.1, 0.15) is 0 Å². The standard InChI is InChI=1S/C19H40N2O2/c1-3-5-7-8-10-13-18(12-9-6-4-2)21-17-16-20-15-11-14-19(22)23/h18,20-21H,3-17H2,1-2H3,(H,22,23). The fraction of sp³-hybridized carbons (Fsp3) is 0.947. The van der Waals surface area contributed by atoms with E-state index < -0.39 is 5.97 Å².